The molecule has 0 heterocycles. The lowest BCUT2D eigenvalue weighted by atomic mass is 10.1. The first-order valence-corrected chi connectivity index (χ1v) is 8.32. The van der Waals surface area contributed by atoms with Crippen LogP contribution in [0.15, 0.2) is 59.5 Å². The number of sulfonamides is 1. The van der Waals surface area contributed by atoms with E-state index in [-0.39, 0.29) is 16.1 Å². The van der Waals surface area contributed by atoms with Gasteiger partial charge in [-0.25, -0.2) is 13.1 Å². The van der Waals surface area contributed by atoms with E-state index in [0.717, 1.165) is 0 Å². The summed E-state index contributed by atoms with van der Waals surface area (Å²) in [4.78, 5) is 22.4. The molecule has 7 nitrogen and oxygen atoms in total. The number of ketones is 1. The van der Waals surface area contributed by atoms with Crippen LogP contribution in [0.2, 0.25) is 0 Å². The van der Waals surface area contributed by atoms with Gasteiger partial charge >= 0.3 is 0 Å². The highest BCUT2D eigenvalue weighted by atomic mass is 32.2. The van der Waals surface area contributed by atoms with Gasteiger partial charge < -0.3 is 0 Å². The third-order valence-electron chi connectivity index (χ3n) is 3.21. The van der Waals surface area contributed by atoms with Gasteiger partial charge in [0.05, 0.1) is 9.82 Å². The molecule has 0 aromatic heterocycles. The summed E-state index contributed by atoms with van der Waals surface area (Å²) in [5.41, 5.74) is 0.622. The summed E-state index contributed by atoms with van der Waals surface area (Å²) in [5, 5.41) is 10.7. The molecule has 2 rings (SSSR count). The fourth-order valence-electron chi connectivity index (χ4n) is 1.94. The van der Waals surface area contributed by atoms with Crippen LogP contribution >= 0.6 is 0 Å². The van der Waals surface area contributed by atoms with Gasteiger partial charge in [0.15, 0.2) is 5.78 Å². The van der Waals surface area contributed by atoms with Gasteiger partial charge in [0.1, 0.15) is 0 Å². The van der Waals surface area contributed by atoms with Crippen molar-refractivity contribution in [3.63, 3.8) is 0 Å². The maximum Gasteiger partial charge on any atom is 0.270 e. The minimum absolute atomic E-state index is 0.0143. The second-order valence-corrected chi connectivity index (χ2v) is 6.67. The van der Waals surface area contributed by atoms with Gasteiger partial charge in [0.2, 0.25) is 10.0 Å². The molecule has 0 aliphatic carbocycles. The van der Waals surface area contributed by atoms with Crippen LogP contribution in [0.1, 0.15) is 15.9 Å². The van der Waals surface area contributed by atoms with Crippen LogP contribution in [0.4, 0.5) is 5.69 Å². The molecule has 0 atom stereocenters. The number of allylic oxidation sites excluding steroid dienone is 1. The van der Waals surface area contributed by atoms with Crippen molar-refractivity contribution in [2.24, 2.45) is 0 Å². The molecule has 0 unspecified atom stereocenters. The lowest BCUT2D eigenvalue weighted by molar-refractivity contribution is -0.384. The van der Waals surface area contributed by atoms with Gasteiger partial charge in [-0.3, -0.25) is 14.9 Å². The molecule has 0 saturated carbocycles. The zero-order chi connectivity index (χ0) is 17.7. The Morgan fingerprint density at radius 2 is 1.88 bits per heavy atom. The Hall–Kier alpha value is -2.84. The molecular weight excluding hydrogens is 332 g/mol. The van der Waals surface area contributed by atoms with Crippen molar-refractivity contribution in [2.75, 3.05) is 7.05 Å². The third-order valence-corrected chi connectivity index (χ3v) is 4.62. The smallest absolute Gasteiger partial charge is 0.270 e. The third kappa shape index (κ3) is 4.12. The Labute approximate surface area is 138 Å². The first-order chi connectivity index (χ1) is 11.3. The number of nitro benzene ring substituents is 1. The molecule has 0 spiro atoms. The number of nitro groups is 1. The Kier molecular flexibility index (Phi) is 5.22. The van der Waals surface area contributed by atoms with Crippen molar-refractivity contribution < 1.29 is 18.1 Å². The van der Waals surface area contributed by atoms with Gasteiger partial charge in [-0.1, -0.05) is 30.3 Å². The fourth-order valence-corrected chi connectivity index (χ4v) is 2.72. The summed E-state index contributed by atoms with van der Waals surface area (Å²) >= 11 is 0. The van der Waals surface area contributed by atoms with Crippen LogP contribution in [0.3, 0.4) is 0 Å². The molecule has 0 radical (unpaired) electrons. The molecule has 0 saturated heterocycles. The largest absolute Gasteiger partial charge is 0.289 e. The molecular formula is C16H14N2O5S. The van der Waals surface area contributed by atoms with Crippen molar-refractivity contribution in [1.29, 1.82) is 0 Å². The molecule has 1 N–H and O–H groups in total. The van der Waals surface area contributed by atoms with Crippen molar-refractivity contribution in [1.82, 2.24) is 4.72 Å². The summed E-state index contributed by atoms with van der Waals surface area (Å²) in [5.74, 6) is -0.408. The first kappa shape index (κ1) is 17.5. The SMILES string of the molecule is CNS(=O)(=O)c1cccc(C(=O)C=Cc2cccc([N+](=O)[O-])c2)c1. The first-order valence-electron chi connectivity index (χ1n) is 6.84. The van der Waals surface area contributed by atoms with Gasteiger partial charge in [0, 0.05) is 17.7 Å². The van der Waals surface area contributed by atoms with E-state index in [0.29, 0.717) is 5.56 Å². The van der Waals surface area contributed by atoms with Gasteiger partial charge in [-0.05, 0) is 30.8 Å². The lowest BCUT2D eigenvalue weighted by Gasteiger charge is -2.03. The fraction of sp³-hybridized carbons (Fsp3) is 0.0625. The standard InChI is InChI=1S/C16H14N2O5S/c1-17-24(22,23)15-7-3-5-13(11-15)16(19)9-8-12-4-2-6-14(10-12)18(20)21/h2-11,17H,1H3. The predicted octanol–water partition coefficient (Wildman–Crippen LogP) is 2.40. The van der Waals surface area contributed by atoms with E-state index in [1.165, 1.54) is 61.7 Å². The van der Waals surface area contributed by atoms with Gasteiger partial charge in [-0.15, -0.1) is 0 Å². The number of nitrogens with zero attached hydrogens (tertiary/aromatic N) is 1. The maximum atomic E-state index is 12.2. The van der Waals surface area contributed by atoms with Crippen LogP contribution in [0, 0.1) is 10.1 Å². The average Bonchev–Trinajstić information content (AvgIpc) is 2.60. The van der Waals surface area contributed by atoms with Crippen LogP contribution in [-0.4, -0.2) is 26.2 Å². The zero-order valence-corrected chi connectivity index (χ0v) is 13.5. The molecule has 24 heavy (non-hydrogen) atoms. The normalized spacial score (nSPS) is 11.5. The summed E-state index contributed by atoms with van der Waals surface area (Å²) < 4.78 is 25.7. The molecule has 124 valence electrons. The van der Waals surface area contributed by atoms with E-state index < -0.39 is 20.7 Å². The number of hydrogen-bond donors (Lipinski definition) is 1. The summed E-state index contributed by atoms with van der Waals surface area (Å²) in [6.45, 7) is 0. The Morgan fingerprint density at radius 1 is 1.17 bits per heavy atom. The monoisotopic (exact) mass is 346 g/mol. The van der Waals surface area contributed by atoms with E-state index in [1.807, 2.05) is 0 Å². The summed E-state index contributed by atoms with van der Waals surface area (Å²) in [7, 11) is -2.35. The molecule has 0 amide bonds. The second-order valence-electron chi connectivity index (χ2n) is 4.79. The summed E-state index contributed by atoms with van der Waals surface area (Å²) in [6, 6.07) is 11.4. The van der Waals surface area contributed by atoms with E-state index in [1.54, 1.807) is 6.07 Å². The number of hydrogen-bond acceptors (Lipinski definition) is 5. The topological polar surface area (TPSA) is 106 Å². The number of rotatable bonds is 6. The zero-order valence-electron chi connectivity index (χ0n) is 12.7. The number of carbonyl (C=O) groups is 1. The number of carbonyl (C=O) groups excluding carboxylic acids is 1. The lowest BCUT2D eigenvalue weighted by Crippen LogP contribution is -2.18. The minimum atomic E-state index is -3.64. The van der Waals surface area contributed by atoms with Crippen LogP contribution in [0.5, 0.6) is 0 Å². The maximum absolute atomic E-state index is 12.2. The molecule has 2 aromatic rings. The number of non-ortho nitro benzene ring substituents is 1. The molecule has 8 heteroatoms. The Morgan fingerprint density at radius 3 is 2.54 bits per heavy atom. The highest BCUT2D eigenvalue weighted by Crippen LogP contribution is 2.16. The van der Waals surface area contributed by atoms with Crippen molar-refractivity contribution in [2.45, 2.75) is 4.90 Å². The average molecular weight is 346 g/mol. The quantitative estimate of drug-likeness (QED) is 0.374. The van der Waals surface area contributed by atoms with Crippen molar-refractivity contribution in [3.05, 3.63) is 75.8 Å². The number of benzene rings is 2. The Balaban J connectivity index is 2.26. The summed E-state index contributed by atoms with van der Waals surface area (Å²) in [6.07, 6.45) is 2.68. The Bertz CT molecular complexity index is 920. The van der Waals surface area contributed by atoms with Crippen LogP contribution in [0.25, 0.3) is 6.08 Å². The van der Waals surface area contributed by atoms with Gasteiger partial charge in [0.25, 0.3) is 5.69 Å². The minimum Gasteiger partial charge on any atom is -0.289 e. The van der Waals surface area contributed by atoms with E-state index in [2.05, 4.69) is 4.72 Å². The highest BCUT2D eigenvalue weighted by Gasteiger charge is 2.13. The van der Waals surface area contributed by atoms with Crippen LogP contribution < -0.4 is 4.72 Å². The molecule has 0 aliphatic heterocycles. The molecule has 2 aromatic carbocycles. The van der Waals surface area contributed by atoms with Crippen LogP contribution in [-0.2, 0) is 10.0 Å². The highest BCUT2D eigenvalue weighted by molar-refractivity contribution is 7.89. The second kappa shape index (κ2) is 7.16. The molecule has 0 fully saturated rings. The van der Waals surface area contributed by atoms with Crippen molar-refractivity contribution in [3.8, 4) is 0 Å². The van der Waals surface area contributed by atoms with Crippen molar-refractivity contribution >= 4 is 27.6 Å². The van der Waals surface area contributed by atoms with Gasteiger partial charge in [-0.2, -0.15) is 0 Å². The number of nitrogens with one attached hydrogen (secondary N) is 1. The van der Waals surface area contributed by atoms with E-state index in [9.17, 15) is 23.3 Å². The van der Waals surface area contributed by atoms with E-state index >= 15 is 0 Å². The molecule has 0 bridgehead atoms. The molecule has 0 aliphatic rings. The predicted molar refractivity (Wildman–Crippen MR) is 89.1 cm³/mol. The van der Waals surface area contributed by atoms with E-state index in [4.69, 9.17) is 0 Å².